The molecule has 2 aliphatic carbocycles. The maximum absolute atomic E-state index is 12.5. The lowest BCUT2D eigenvalue weighted by Crippen LogP contribution is -2.60. The van der Waals surface area contributed by atoms with Crippen LogP contribution in [0.3, 0.4) is 0 Å². The van der Waals surface area contributed by atoms with Gasteiger partial charge in [-0.3, -0.25) is 4.79 Å². The first kappa shape index (κ1) is 15.0. The number of allylic oxidation sites excluding steroid dienone is 1. The van der Waals surface area contributed by atoms with Gasteiger partial charge in [-0.15, -0.1) is 0 Å². The molecule has 0 bridgehead atoms. The van der Waals surface area contributed by atoms with Gasteiger partial charge in [0.25, 0.3) is 0 Å². The third-order valence-electron chi connectivity index (χ3n) is 5.12. The molecule has 0 heterocycles. The number of esters is 1. The zero-order valence-corrected chi connectivity index (χ0v) is 13.0. The molecule has 0 radical (unpaired) electrons. The van der Waals surface area contributed by atoms with E-state index >= 15 is 0 Å². The van der Waals surface area contributed by atoms with Crippen LogP contribution in [-0.4, -0.2) is 23.3 Å². The van der Waals surface area contributed by atoms with E-state index in [2.05, 4.69) is 6.58 Å². The second kappa shape index (κ2) is 5.40. The van der Waals surface area contributed by atoms with E-state index in [-0.39, 0.29) is 5.97 Å². The summed E-state index contributed by atoms with van der Waals surface area (Å²) in [5.41, 5.74) is 0.949. The predicted octanol–water partition coefficient (Wildman–Crippen LogP) is 3.19. The van der Waals surface area contributed by atoms with Gasteiger partial charge in [-0.25, -0.2) is 0 Å². The molecule has 22 heavy (non-hydrogen) atoms. The molecule has 0 unspecified atom stereocenters. The van der Waals surface area contributed by atoms with Crippen molar-refractivity contribution in [3.8, 4) is 0 Å². The molecule has 116 valence electrons. The minimum absolute atomic E-state index is 0.273. The van der Waals surface area contributed by atoms with E-state index in [1.165, 1.54) is 0 Å². The van der Waals surface area contributed by atoms with Crippen LogP contribution in [0.2, 0.25) is 0 Å². The van der Waals surface area contributed by atoms with Gasteiger partial charge >= 0.3 is 5.97 Å². The van der Waals surface area contributed by atoms with E-state index in [9.17, 15) is 9.90 Å². The molecule has 0 aromatic heterocycles. The van der Waals surface area contributed by atoms with Gasteiger partial charge < -0.3 is 9.84 Å². The highest BCUT2D eigenvalue weighted by atomic mass is 16.5. The molecule has 1 saturated carbocycles. The first-order chi connectivity index (χ1) is 10.5. The number of carbonyl (C=O) groups is 1. The van der Waals surface area contributed by atoms with E-state index in [4.69, 9.17) is 4.74 Å². The van der Waals surface area contributed by atoms with Gasteiger partial charge in [-0.2, -0.15) is 0 Å². The quantitative estimate of drug-likeness (QED) is 0.849. The van der Waals surface area contributed by atoms with E-state index < -0.39 is 11.0 Å². The summed E-state index contributed by atoms with van der Waals surface area (Å²) < 4.78 is 5.49. The number of fused-ring (bicyclic) bond motifs is 1. The number of hydrogen-bond donors (Lipinski definition) is 1. The Labute approximate surface area is 131 Å². The number of ether oxygens (including phenoxy) is 1. The van der Waals surface area contributed by atoms with Gasteiger partial charge in [-0.1, -0.05) is 48.6 Å². The molecule has 0 amide bonds. The average molecular weight is 298 g/mol. The van der Waals surface area contributed by atoms with Crippen molar-refractivity contribution in [2.45, 2.75) is 38.2 Å². The number of carbonyl (C=O) groups excluding carboxylic acids is 1. The molecular formula is C19H22O3. The Kier molecular flexibility index (Phi) is 3.69. The number of hydrogen-bond acceptors (Lipinski definition) is 3. The van der Waals surface area contributed by atoms with Gasteiger partial charge in [0.2, 0.25) is 0 Å². The van der Waals surface area contributed by atoms with Crippen LogP contribution in [0.25, 0.3) is 0 Å². The van der Waals surface area contributed by atoms with Crippen LogP contribution in [-0.2, 0) is 16.0 Å². The zero-order chi connectivity index (χ0) is 15.8. The standard InChI is InChI=1S/C19H22O3/c1-14(2)16-8-10-18(11-12-19(16,18)21)17(20)22-13-9-15-6-4-3-5-7-15/h3-8,21H,1,9-13H2,2H3/t18-,19+/m1/s1. The van der Waals surface area contributed by atoms with Crippen LogP contribution in [0, 0.1) is 5.41 Å². The van der Waals surface area contributed by atoms with Gasteiger partial charge in [0.05, 0.1) is 6.61 Å². The van der Waals surface area contributed by atoms with Gasteiger partial charge in [0.1, 0.15) is 11.0 Å². The van der Waals surface area contributed by atoms with E-state index in [1.807, 2.05) is 43.3 Å². The molecule has 0 saturated heterocycles. The number of aliphatic hydroxyl groups is 1. The summed E-state index contributed by atoms with van der Waals surface area (Å²) >= 11 is 0. The molecule has 3 heteroatoms. The maximum atomic E-state index is 12.5. The molecule has 1 N–H and O–H groups in total. The fourth-order valence-corrected chi connectivity index (χ4v) is 3.70. The van der Waals surface area contributed by atoms with Crippen molar-refractivity contribution in [2.24, 2.45) is 5.41 Å². The van der Waals surface area contributed by atoms with Crippen molar-refractivity contribution in [3.63, 3.8) is 0 Å². The zero-order valence-electron chi connectivity index (χ0n) is 13.0. The molecule has 3 nitrogen and oxygen atoms in total. The topological polar surface area (TPSA) is 46.5 Å². The van der Waals surface area contributed by atoms with E-state index in [0.717, 1.165) is 16.7 Å². The average Bonchev–Trinajstić information content (AvgIpc) is 2.70. The van der Waals surface area contributed by atoms with Crippen molar-refractivity contribution in [1.29, 1.82) is 0 Å². The van der Waals surface area contributed by atoms with Crippen LogP contribution < -0.4 is 0 Å². The normalized spacial score (nSPS) is 29.3. The fraction of sp³-hybridized carbons (Fsp3) is 0.421. The Morgan fingerprint density at radius 1 is 1.32 bits per heavy atom. The molecule has 1 aromatic rings. The van der Waals surface area contributed by atoms with Gasteiger partial charge in [0.15, 0.2) is 0 Å². The largest absolute Gasteiger partial charge is 0.465 e. The second-order valence-electron chi connectivity index (χ2n) is 6.42. The molecular weight excluding hydrogens is 276 g/mol. The lowest BCUT2D eigenvalue weighted by molar-refractivity contribution is -0.189. The summed E-state index contributed by atoms with van der Waals surface area (Å²) in [5.74, 6) is -0.273. The third-order valence-corrected chi connectivity index (χ3v) is 5.12. The molecule has 1 aromatic carbocycles. The van der Waals surface area contributed by atoms with Crippen LogP contribution in [0.4, 0.5) is 0 Å². The van der Waals surface area contributed by atoms with Crippen molar-refractivity contribution >= 4 is 5.97 Å². The van der Waals surface area contributed by atoms with Crippen LogP contribution in [0.15, 0.2) is 54.1 Å². The van der Waals surface area contributed by atoms with Crippen molar-refractivity contribution < 1.29 is 14.6 Å². The SMILES string of the molecule is C=C(C)C1=CC[C@]2(C(=O)OCCc3ccccc3)CC[C@]12O. The van der Waals surface area contributed by atoms with E-state index in [1.54, 1.807) is 0 Å². The summed E-state index contributed by atoms with van der Waals surface area (Å²) in [6.07, 6.45) is 4.49. The maximum Gasteiger partial charge on any atom is 0.315 e. The van der Waals surface area contributed by atoms with Crippen molar-refractivity contribution in [3.05, 3.63) is 59.7 Å². The van der Waals surface area contributed by atoms with Crippen LogP contribution >= 0.6 is 0 Å². The molecule has 2 atom stereocenters. The summed E-state index contributed by atoms with van der Waals surface area (Å²) in [6.45, 7) is 6.14. The first-order valence-electron chi connectivity index (χ1n) is 7.80. The summed E-state index contributed by atoms with van der Waals surface area (Å²) in [5, 5.41) is 10.9. The Morgan fingerprint density at radius 2 is 2.05 bits per heavy atom. The number of rotatable bonds is 5. The Morgan fingerprint density at radius 3 is 2.64 bits per heavy atom. The Bertz CT molecular complexity index is 631. The van der Waals surface area contributed by atoms with Crippen LogP contribution in [0.5, 0.6) is 0 Å². The smallest absolute Gasteiger partial charge is 0.315 e. The lowest BCUT2D eigenvalue weighted by Gasteiger charge is -2.51. The summed E-state index contributed by atoms with van der Waals surface area (Å²) in [6, 6.07) is 9.94. The third kappa shape index (κ3) is 2.12. The Hall–Kier alpha value is -1.87. The van der Waals surface area contributed by atoms with Gasteiger partial charge in [0, 0.05) is 6.42 Å². The number of benzene rings is 1. The summed E-state index contributed by atoms with van der Waals surface area (Å²) in [7, 11) is 0. The molecule has 0 spiro atoms. The lowest BCUT2D eigenvalue weighted by atomic mass is 9.55. The minimum Gasteiger partial charge on any atom is -0.465 e. The Balaban J connectivity index is 1.63. The minimum atomic E-state index is -1.07. The predicted molar refractivity (Wildman–Crippen MR) is 85.2 cm³/mol. The molecule has 2 aliphatic rings. The summed E-state index contributed by atoms with van der Waals surface area (Å²) in [4.78, 5) is 12.5. The highest BCUT2D eigenvalue weighted by Gasteiger charge is 2.67. The molecule has 3 rings (SSSR count). The van der Waals surface area contributed by atoms with Crippen molar-refractivity contribution in [2.75, 3.05) is 6.61 Å². The highest BCUT2D eigenvalue weighted by Crippen LogP contribution is 2.62. The van der Waals surface area contributed by atoms with Gasteiger partial charge in [-0.05, 0) is 37.3 Å². The van der Waals surface area contributed by atoms with Crippen LogP contribution in [0.1, 0.15) is 31.7 Å². The van der Waals surface area contributed by atoms with E-state index in [0.29, 0.717) is 32.3 Å². The van der Waals surface area contributed by atoms with Crippen molar-refractivity contribution in [1.82, 2.24) is 0 Å². The molecule has 1 fully saturated rings. The highest BCUT2D eigenvalue weighted by molar-refractivity contribution is 5.83. The monoisotopic (exact) mass is 298 g/mol. The molecule has 0 aliphatic heterocycles. The second-order valence-corrected chi connectivity index (χ2v) is 6.42. The fourth-order valence-electron chi connectivity index (χ4n) is 3.70. The first-order valence-corrected chi connectivity index (χ1v) is 7.80.